The summed E-state index contributed by atoms with van der Waals surface area (Å²) in [6.07, 6.45) is 1.13. The smallest absolute Gasteiger partial charge is 0.166 e. The molecule has 3 nitrogen and oxygen atoms in total. The SMILES string of the molecule is NC(=S)N1CCCN(Cc2ccccc2)CC1. The predicted molar refractivity (Wildman–Crippen MR) is 74.7 cm³/mol. The average molecular weight is 249 g/mol. The van der Waals surface area contributed by atoms with E-state index in [1.807, 2.05) is 0 Å². The molecule has 17 heavy (non-hydrogen) atoms. The van der Waals surface area contributed by atoms with Gasteiger partial charge < -0.3 is 10.6 Å². The van der Waals surface area contributed by atoms with Crippen LogP contribution in [0.1, 0.15) is 12.0 Å². The van der Waals surface area contributed by atoms with Gasteiger partial charge in [0.1, 0.15) is 0 Å². The van der Waals surface area contributed by atoms with Gasteiger partial charge in [0.05, 0.1) is 0 Å². The minimum Gasteiger partial charge on any atom is -0.376 e. The number of nitrogens with two attached hydrogens (primary N) is 1. The fourth-order valence-electron chi connectivity index (χ4n) is 2.19. The number of hydrogen-bond donors (Lipinski definition) is 1. The van der Waals surface area contributed by atoms with Crippen molar-refractivity contribution in [2.45, 2.75) is 13.0 Å². The molecule has 0 unspecified atom stereocenters. The minimum atomic E-state index is 0.534. The molecule has 0 saturated carbocycles. The number of hydrogen-bond acceptors (Lipinski definition) is 2. The van der Waals surface area contributed by atoms with Crippen molar-refractivity contribution in [3.8, 4) is 0 Å². The fraction of sp³-hybridized carbons (Fsp3) is 0.462. The zero-order valence-corrected chi connectivity index (χ0v) is 10.8. The van der Waals surface area contributed by atoms with E-state index in [1.54, 1.807) is 0 Å². The Bertz CT molecular complexity index is 366. The summed E-state index contributed by atoms with van der Waals surface area (Å²) in [5.74, 6) is 0. The molecule has 0 atom stereocenters. The summed E-state index contributed by atoms with van der Waals surface area (Å²) in [6, 6.07) is 10.6. The molecule has 1 heterocycles. The van der Waals surface area contributed by atoms with E-state index in [9.17, 15) is 0 Å². The largest absolute Gasteiger partial charge is 0.376 e. The normalized spacial score (nSPS) is 17.8. The lowest BCUT2D eigenvalue weighted by atomic mass is 10.2. The van der Waals surface area contributed by atoms with Crippen LogP contribution in [0.3, 0.4) is 0 Å². The Morgan fingerprint density at radius 1 is 1.12 bits per heavy atom. The maximum absolute atomic E-state index is 5.67. The van der Waals surface area contributed by atoms with Gasteiger partial charge in [0.25, 0.3) is 0 Å². The van der Waals surface area contributed by atoms with Gasteiger partial charge in [0.15, 0.2) is 5.11 Å². The van der Waals surface area contributed by atoms with E-state index in [1.165, 1.54) is 5.56 Å². The first-order valence-corrected chi connectivity index (χ1v) is 6.47. The van der Waals surface area contributed by atoms with Crippen LogP contribution in [-0.2, 0) is 6.54 Å². The summed E-state index contributed by atoms with van der Waals surface area (Å²) in [5, 5.41) is 0.534. The van der Waals surface area contributed by atoms with Crippen molar-refractivity contribution in [2.75, 3.05) is 26.2 Å². The van der Waals surface area contributed by atoms with Crippen LogP contribution < -0.4 is 5.73 Å². The van der Waals surface area contributed by atoms with Crippen molar-refractivity contribution in [3.63, 3.8) is 0 Å². The van der Waals surface area contributed by atoms with Gasteiger partial charge in [-0.05, 0) is 24.2 Å². The van der Waals surface area contributed by atoms with Crippen LogP contribution in [0.4, 0.5) is 0 Å². The molecule has 2 rings (SSSR count). The molecule has 1 aromatic carbocycles. The molecular formula is C13H19N3S. The van der Waals surface area contributed by atoms with E-state index in [0.717, 1.165) is 39.1 Å². The average Bonchev–Trinajstić information content (AvgIpc) is 2.56. The topological polar surface area (TPSA) is 32.5 Å². The van der Waals surface area contributed by atoms with Gasteiger partial charge in [-0.15, -0.1) is 0 Å². The molecule has 4 heteroatoms. The van der Waals surface area contributed by atoms with Crippen molar-refractivity contribution >= 4 is 17.3 Å². The molecule has 1 saturated heterocycles. The fourth-order valence-corrected chi connectivity index (χ4v) is 2.37. The predicted octanol–water partition coefficient (Wildman–Crippen LogP) is 1.44. The van der Waals surface area contributed by atoms with Crippen molar-refractivity contribution in [3.05, 3.63) is 35.9 Å². The second kappa shape index (κ2) is 5.98. The molecule has 0 bridgehead atoms. The van der Waals surface area contributed by atoms with E-state index in [0.29, 0.717) is 5.11 Å². The molecule has 0 aliphatic carbocycles. The van der Waals surface area contributed by atoms with Gasteiger partial charge in [-0.25, -0.2) is 0 Å². The van der Waals surface area contributed by atoms with E-state index >= 15 is 0 Å². The number of rotatable bonds is 2. The van der Waals surface area contributed by atoms with E-state index in [-0.39, 0.29) is 0 Å². The Morgan fingerprint density at radius 3 is 2.59 bits per heavy atom. The van der Waals surface area contributed by atoms with Gasteiger partial charge in [0, 0.05) is 32.7 Å². The molecule has 0 spiro atoms. The van der Waals surface area contributed by atoms with Crippen LogP contribution in [0.5, 0.6) is 0 Å². The summed E-state index contributed by atoms with van der Waals surface area (Å²) in [6.45, 7) is 5.11. The van der Waals surface area contributed by atoms with Crippen LogP contribution in [0, 0.1) is 0 Å². The lowest BCUT2D eigenvalue weighted by Gasteiger charge is -2.21. The van der Waals surface area contributed by atoms with E-state index < -0.39 is 0 Å². The Kier molecular flexibility index (Phi) is 4.34. The third-order valence-corrected chi connectivity index (χ3v) is 3.41. The maximum atomic E-state index is 5.67. The van der Waals surface area contributed by atoms with Crippen LogP contribution >= 0.6 is 12.2 Å². The van der Waals surface area contributed by atoms with Gasteiger partial charge in [-0.1, -0.05) is 30.3 Å². The summed E-state index contributed by atoms with van der Waals surface area (Å²) >= 11 is 5.03. The van der Waals surface area contributed by atoms with E-state index in [2.05, 4.69) is 40.1 Å². The molecule has 2 N–H and O–H groups in total. The van der Waals surface area contributed by atoms with E-state index in [4.69, 9.17) is 18.0 Å². The highest BCUT2D eigenvalue weighted by atomic mass is 32.1. The van der Waals surface area contributed by atoms with Crippen LogP contribution in [-0.4, -0.2) is 41.1 Å². The van der Waals surface area contributed by atoms with Gasteiger partial charge in [-0.3, -0.25) is 4.90 Å². The van der Waals surface area contributed by atoms with Gasteiger partial charge in [0.2, 0.25) is 0 Å². The number of nitrogens with zero attached hydrogens (tertiary/aromatic N) is 2. The van der Waals surface area contributed by atoms with Crippen molar-refractivity contribution < 1.29 is 0 Å². The zero-order valence-electron chi connectivity index (χ0n) is 10.0. The molecule has 0 radical (unpaired) electrons. The second-order valence-corrected chi connectivity index (χ2v) is 4.86. The maximum Gasteiger partial charge on any atom is 0.166 e. The minimum absolute atomic E-state index is 0.534. The number of thiocarbonyl (C=S) groups is 1. The third-order valence-electron chi connectivity index (χ3n) is 3.15. The van der Waals surface area contributed by atoms with Crippen LogP contribution in [0.2, 0.25) is 0 Å². The Hall–Kier alpha value is -1.13. The second-order valence-electron chi connectivity index (χ2n) is 4.44. The highest BCUT2D eigenvalue weighted by Crippen LogP contribution is 2.08. The van der Waals surface area contributed by atoms with Crippen LogP contribution in [0.25, 0.3) is 0 Å². The summed E-state index contributed by atoms with van der Waals surface area (Å²) in [4.78, 5) is 4.56. The first kappa shape index (κ1) is 12.3. The Morgan fingerprint density at radius 2 is 1.88 bits per heavy atom. The lowest BCUT2D eigenvalue weighted by Crippen LogP contribution is -2.38. The molecule has 1 aliphatic rings. The summed E-state index contributed by atoms with van der Waals surface area (Å²) in [7, 11) is 0. The number of benzene rings is 1. The molecule has 1 aromatic rings. The standard InChI is InChI=1S/C13H19N3S/c14-13(17)16-8-4-7-15(9-10-16)11-12-5-2-1-3-6-12/h1-3,5-6H,4,7-11H2,(H2,14,17). The molecule has 1 fully saturated rings. The Labute approximate surface area is 108 Å². The zero-order chi connectivity index (χ0) is 12.1. The summed E-state index contributed by atoms with van der Waals surface area (Å²) in [5.41, 5.74) is 7.05. The first-order chi connectivity index (χ1) is 8.25. The highest BCUT2D eigenvalue weighted by molar-refractivity contribution is 7.80. The molecule has 1 aliphatic heterocycles. The molecule has 0 aromatic heterocycles. The monoisotopic (exact) mass is 249 g/mol. The Balaban J connectivity index is 1.89. The lowest BCUT2D eigenvalue weighted by molar-refractivity contribution is 0.278. The quantitative estimate of drug-likeness (QED) is 0.804. The highest BCUT2D eigenvalue weighted by Gasteiger charge is 2.15. The van der Waals surface area contributed by atoms with Crippen molar-refractivity contribution in [1.29, 1.82) is 0 Å². The third kappa shape index (κ3) is 3.68. The van der Waals surface area contributed by atoms with Crippen molar-refractivity contribution in [1.82, 2.24) is 9.80 Å². The molecule has 0 amide bonds. The van der Waals surface area contributed by atoms with Gasteiger partial charge in [-0.2, -0.15) is 0 Å². The van der Waals surface area contributed by atoms with Gasteiger partial charge >= 0.3 is 0 Å². The summed E-state index contributed by atoms with van der Waals surface area (Å²) < 4.78 is 0. The first-order valence-electron chi connectivity index (χ1n) is 6.06. The molecular weight excluding hydrogens is 230 g/mol. The molecule has 92 valence electrons. The van der Waals surface area contributed by atoms with Crippen molar-refractivity contribution in [2.24, 2.45) is 5.73 Å². The van der Waals surface area contributed by atoms with Crippen LogP contribution in [0.15, 0.2) is 30.3 Å².